The lowest BCUT2D eigenvalue weighted by molar-refractivity contribution is 0.0565. The van der Waals surface area contributed by atoms with Gasteiger partial charge in [-0.3, -0.25) is 14.8 Å². The number of amides is 1. The number of aromatic nitrogens is 4. The molecule has 1 aliphatic heterocycles. The summed E-state index contributed by atoms with van der Waals surface area (Å²) in [4.78, 5) is 26.5. The van der Waals surface area contributed by atoms with Gasteiger partial charge in [0.15, 0.2) is 0 Å². The second-order valence-corrected chi connectivity index (χ2v) is 9.16. The SMILES string of the molecule is Cc1c(C(=O)NC2CCCCC2)cc(-c2csc(-c3cnccn3)n2)n1C1CCCO1. The summed E-state index contributed by atoms with van der Waals surface area (Å²) < 4.78 is 8.15. The number of ether oxygens (including phenoxy) is 1. The van der Waals surface area contributed by atoms with Gasteiger partial charge in [-0.1, -0.05) is 19.3 Å². The minimum absolute atomic E-state index is 0.00627. The number of carbonyl (C=O) groups excluding carboxylic acids is 1. The summed E-state index contributed by atoms with van der Waals surface area (Å²) in [7, 11) is 0. The highest BCUT2D eigenvalue weighted by Crippen LogP contribution is 2.36. The first-order valence-corrected chi connectivity index (χ1v) is 12.0. The third-order valence-corrected chi connectivity index (χ3v) is 7.08. The second kappa shape index (κ2) is 8.88. The molecule has 1 saturated carbocycles. The molecule has 2 aliphatic rings. The number of carbonyl (C=O) groups is 1. The molecule has 0 radical (unpaired) electrons. The Morgan fingerprint density at radius 3 is 2.77 bits per heavy atom. The van der Waals surface area contributed by atoms with Crippen molar-refractivity contribution in [3.63, 3.8) is 0 Å². The second-order valence-electron chi connectivity index (χ2n) is 8.30. The van der Waals surface area contributed by atoms with E-state index in [0.29, 0.717) is 5.56 Å². The molecule has 1 unspecified atom stereocenters. The zero-order chi connectivity index (χ0) is 21.2. The van der Waals surface area contributed by atoms with Crippen LogP contribution in [0, 0.1) is 6.92 Å². The highest BCUT2D eigenvalue weighted by molar-refractivity contribution is 7.13. The first-order chi connectivity index (χ1) is 15.2. The van der Waals surface area contributed by atoms with Crippen LogP contribution in [0.5, 0.6) is 0 Å². The van der Waals surface area contributed by atoms with Crippen molar-refractivity contribution in [3.8, 4) is 22.1 Å². The summed E-state index contributed by atoms with van der Waals surface area (Å²) in [6, 6.07) is 2.25. The average Bonchev–Trinajstić information content (AvgIpc) is 3.55. The Hall–Kier alpha value is -2.58. The molecule has 4 heterocycles. The molecule has 0 bridgehead atoms. The fourth-order valence-corrected chi connectivity index (χ4v) is 5.39. The Morgan fingerprint density at radius 1 is 1.16 bits per heavy atom. The number of hydrogen-bond donors (Lipinski definition) is 1. The third-order valence-electron chi connectivity index (χ3n) is 6.22. The van der Waals surface area contributed by atoms with Gasteiger partial charge in [-0.05, 0) is 38.7 Å². The number of nitrogens with zero attached hydrogens (tertiary/aromatic N) is 4. The number of hydrogen-bond acceptors (Lipinski definition) is 6. The summed E-state index contributed by atoms with van der Waals surface area (Å²) in [5.41, 5.74) is 4.15. The van der Waals surface area contributed by atoms with E-state index in [9.17, 15) is 4.79 Å². The predicted molar refractivity (Wildman–Crippen MR) is 120 cm³/mol. The lowest BCUT2D eigenvalue weighted by atomic mass is 9.95. The van der Waals surface area contributed by atoms with Crippen molar-refractivity contribution in [1.82, 2.24) is 24.8 Å². The summed E-state index contributed by atoms with van der Waals surface area (Å²) in [6.07, 6.45) is 12.7. The van der Waals surface area contributed by atoms with Crippen LogP contribution in [0.25, 0.3) is 22.1 Å². The quantitative estimate of drug-likeness (QED) is 0.623. The molecule has 0 aromatic carbocycles. The highest BCUT2D eigenvalue weighted by atomic mass is 32.1. The molecule has 1 saturated heterocycles. The monoisotopic (exact) mass is 437 g/mol. The van der Waals surface area contributed by atoms with Gasteiger partial charge < -0.3 is 14.6 Å². The van der Waals surface area contributed by atoms with Gasteiger partial charge in [0.05, 0.1) is 23.1 Å². The van der Waals surface area contributed by atoms with E-state index < -0.39 is 0 Å². The predicted octanol–water partition coefficient (Wildman–Crippen LogP) is 4.75. The lowest BCUT2D eigenvalue weighted by Crippen LogP contribution is -2.36. The molecule has 31 heavy (non-hydrogen) atoms. The smallest absolute Gasteiger partial charge is 0.253 e. The zero-order valence-electron chi connectivity index (χ0n) is 17.7. The van der Waals surface area contributed by atoms with Crippen LogP contribution in [-0.4, -0.2) is 38.1 Å². The van der Waals surface area contributed by atoms with E-state index in [-0.39, 0.29) is 18.2 Å². The van der Waals surface area contributed by atoms with Gasteiger partial charge in [0.2, 0.25) is 0 Å². The number of nitrogens with one attached hydrogen (secondary N) is 1. The van der Waals surface area contributed by atoms with E-state index in [1.54, 1.807) is 18.6 Å². The molecule has 162 valence electrons. The van der Waals surface area contributed by atoms with Crippen LogP contribution >= 0.6 is 11.3 Å². The Morgan fingerprint density at radius 2 is 2.03 bits per heavy atom. The van der Waals surface area contributed by atoms with Crippen LogP contribution in [0.4, 0.5) is 0 Å². The van der Waals surface area contributed by atoms with Crippen LogP contribution in [0.15, 0.2) is 30.0 Å². The molecule has 3 aromatic heterocycles. The normalized spacial score (nSPS) is 19.6. The maximum Gasteiger partial charge on any atom is 0.253 e. The van der Waals surface area contributed by atoms with Gasteiger partial charge in [-0.2, -0.15) is 0 Å². The molecule has 5 rings (SSSR count). The van der Waals surface area contributed by atoms with E-state index in [1.165, 1.54) is 30.6 Å². The standard InChI is InChI=1S/C23H27N5O2S/c1-15-17(22(29)26-16-6-3-2-4-7-16)12-20(28(15)21-8-5-11-30-21)19-14-31-23(27-19)18-13-24-9-10-25-18/h9-10,12-14,16,21H,2-8,11H2,1H3,(H,26,29). The topological polar surface area (TPSA) is 81.9 Å². The Bertz CT molecular complexity index is 1050. The van der Waals surface area contributed by atoms with E-state index in [2.05, 4.69) is 19.9 Å². The molecule has 7 nitrogen and oxygen atoms in total. The molecule has 2 fully saturated rings. The maximum atomic E-state index is 13.2. The van der Waals surface area contributed by atoms with E-state index >= 15 is 0 Å². The minimum Gasteiger partial charge on any atom is -0.358 e. The molecule has 3 aromatic rings. The third kappa shape index (κ3) is 4.14. The first kappa shape index (κ1) is 20.3. The Kier molecular flexibility index (Phi) is 5.82. The van der Waals surface area contributed by atoms with Crippen LogP contribution < -0.4 is 5.32 Å². The van der Waals surface area contributed by atoms with Gasteiger partial charge in [-0.25, -0.2) is 4.98 Å². The highest BCUT2D eigenvalue weighted by Gasteiger charge is 2.28. The van der Waals surface area contributed by atoms with Gasteiger partial charge in [-0.15, -0.1) is 11.3 Å². The van der Waals surface area contributed by atoms with Crippen LogP contribution in [0.2, 0.25) is 0 Å². The van der Waals surface area contributed by atoms with Crippen molar-refractivity contribution >= 4 is 17.2 Å². The molecular formula is C23H27N5O2S. The molecular weight excluding hydrogens is 410 g/mol. The molecule has 1 aliphatic carbocycles. The maximum absolute atomic E-state index is 13.2. The first-order valence-electron chi connectivity index (χ1n) is 11.1. The van der Waals surface area contributed by atoms with Crippen LogP contribution in [0.3, 0.4) is 0 Å². The van der Waals surface area contributed by atoms with Crippen LogP contribution in [0.1, 0.15) is 67.2 Å². The van der Waals surface area contributed by atoms with Crippen molar-refractivity contribution in [2.24, 2.45) is 0 Å². The molecule has 1 amide bonds. The largest absolute Gasteiger partial charge is 0.358 e. The van der Waals surface area contributed by atoms with E-state index in [4.69, 9.17) is 9.72 Å². The Balaban J connectivity index is 1.49. The Labute approximate surface area is 185 Å². The zero-order valence-corrected chi connectivity index (χ0v) is 18.5. The van der Waals surface area contributed by atoms with Crippen molar-refractivity contribution < 1.29 is 9.53 Å². The molecule has 8 heteroatoms. The van der Waals surface area contributed by atoms with Gasteiger partial charge in [0.1, 0.15) is 16.9 Å². The van der Waals surface area contributed by atoms with Crippen molar-refractivity contribution in [2.45, 2.75) is 64.1 Å². The van der Waals surface area contributed by atoms with Crippen molar-refractivity contribution in [1.29, 1.82) is 0 Å². The minimum atomic E-state index is -0.0621. The van der Waals surface area contributed by atoms with Gasteiger partial charge >= 0.3 is 0 Å². The van der Waals surface area contributed by atoms with E-state index in [1.807, 2.05) is 18.4 Å². The molecule has 1 N–H and O–H groups in total. The fraction of sp³-hybridized carbons (Fsp3) is 0.478. The average molecular weight is 438 g/mol. The fourth-order valence-electron chi connectivity index (χ4n) is 4.61. The summed E-state index contributed by atoms with van der Waals surface area (Å²) >= 11 is 1.53. The van der Waals surface area contributed by atoms with Gasteiger partial charge in [0.25, 0.3) is 5.91 Å². The van der Waals surface area contributed by atoms with Crippen molar-refractivity contribution in [2.75, 3.05) is 6.61 Å². The van der Waals surface area contributed by atoms with Gasteiger partial charge in [0, 0.05) is 36.1 Å². The number of rotatable bonds is 5. The summed E-state index contributed by atoms with van der Waals surface area (Å²) in [5.74, 6) is 0.00627. The van der Waals surface area contributed by atoms with E-state index in [0.717, 1.165) is 60.1 Å². The summed E-state index contributed by atoms with van der Waals surface area (Å²) in [6.45, 7) is 2.75. The van der Waals surface area contributed by atoms with Crippen molar-refractivity contribution in [3.05, 3.63) is 41.3 Å². The number of thiazole rings is 1. The molecule has 0 spiro atoms. The van der Waals surface area contributed by atoms with Crippen LogP contribution in [-0.2, 0) is 4.74 Å². The summed E-state index contributed by atoms with van der Waals surface area (Å²) in [5, 5.41) is 6.10. The lowest BCUT2D eigenvalue weighted by Gasteiger charge is -2.23. The molecule has 1 atom stereocenters.